The number of halogens is 3. The zero-order valence-electron chi connectivity index (χ0n) is 10.1. The van der Waals surface area contributed by atoms with Crippen molar-refractivity contribution in [2.75, 3.05) is 0 Å². The molecule has 96 valence electrons. The minimum atomic E-state index is -4.64. The normalized spacial score (nSPS) is 12.6. The van der Waals surface area contributed by atoms with Crippen LogP contribution in [-0.2, 0) is 6.54 Å². The summed E-state index contributed by atoms with van der Waals surface area (Å²) in [7, 11) is 0. The molecule has 17 heavy (non-hydrogen) atoms. The Morgan fingerprint density at radius 1 is 1.18 bits per heavy atom. The molecule has 0 saturated carbocycles. The molecule has 1 N–H and O–H groups in total. The summed E-state index contributed by atoms with van der Waals surface area (Å²) in [6.07, 6.45) is -4.64. The average molecular weight is 247 g/mol. The third-order valence-corrected chi connectivity index (χ3v) is 1.95. The van der Waals surface area contributed by atoms with Crippen molar-refractivity contribution in [1.82, 2.24) is 5.32 Å². The van der Waals surface area contributed by atoms with E-state index in [0.717, 1.165) is 5.56 Å². The lowest BCUT2D eigenvalue weighted by molar-refractivity contribution is -0.274. The van der Waals surface area contributed by atoms with Crippen molar-refractivity contribution in [3.8, 4) is 5.75 Å². The SMILES string of the molecule is CC(C)(C)NCc1cccc(OC(F)(F)F)c1. The summed E-state index contributed by atoms with van der Waals surface area (Å²) in [6.45, 7) is 6.47. The minimum Gasteiger partial charge on any atom is -0.406 e. The standard InChI is InChI=1S/C12H16F3NO/c1-11(2,3)16-8-9-5-4-6-10(7-9)17-12(13,14)15/h4-7,16H,8H2,1-3H3. The van der Waals surface area contributed by atoms with Crippen LogP contribution in [-0.4, -0.2) is 11.9 Å². The summed E-state index contributed by atoms with van der Waals surface area (Å²) < 4.78 is 39.9. The minimum absolute atomic E-state index is 0.0825. The lowest BCUT2D eigenvalue weighted by Crippen LogP contribution is -2.35. The summed E-state index contributed by atoms with van der Waals surface area (Å²) in [4.78, 5) is 0. The van der Waals surface area contributed by atoms with E-state index >= 15 is 0 Å². The second-order valence-corrected chi connectivity index (χ2v) is 4.80. The average Bonchev–Trinajstić information content (AvgIpc) is 2.11. The fraction of sp³-hybridized carbons (Fsp3) is 0.500. The Bertz CT molecular complexity index is 369. The predicted molar refractivity (Wildman–Crippen MR) is 59.7 cm³/mol. The number of hydrogen-bond acceptors (Lipinski definition) is 2. The molecule has 0 atom stereocenters. The molecule has 5 heteroatoms. The molecule has 0 radical (unpaired) electrons. The van der Waals surface area contributed by atoms with Crippen molar-refractivity contribution < 1.29 is 17.9 Å². The van der Waals surface area contributed by atoms with Crippen LogP contribution in [0.2, 0.25) is 0 Å². The Morgan fingerprint density at radius 3 is 2.35 bits per heavy atom. The molecule has 0 bridgehead atoms. The van der Waals surface area contributed by atoms with Crippen LogP contribution in [0.5, 0.6) is 5.75 Å². The van der Waals surface area contributed by atoms with Crippen LogP contribution in [0.4, 0.5) is 13.2 Å². The lowest BCUT2D eigenvalue weighted by atomic mass is 10.1. The molecular formula is C12H16F3NO. The largest absolute Gasteiger partial charge is 0.573 e. The fourth-order valence-corrected chi connectivity index (χ4v) is 1.22. The van der Waals surface area contributed by atoms with Crippen molar-refractivity contribution in [2.24, 2.45) is 0 Å². The first-order valence-electron chi connectivity index (χ1n) is 5.25. The van der Waals surface area contributed by atoms with Gasteiger partial charge in [-0.05, 0) is 38.5 Å². The molecule has 0 aliphatic heterocycles. The molecule has 0 aromatic heterocycles. The summed E-state index contributed by atoms with van der Waals surface area (Å²) in [5, 5.41) is 3.19. The number of hydrogen-bond donors (Lipinski definition) is 1. The van der Waals surface area contributed by atoms with E-state index in [1.807, 2.05) is 20.8 Å². The smallest absolute Gasteiger partial charge is 0.406 e. The van der Waals surface area contributed by atoms with E-state index in [-0.39, 0.29) is 11.3 Å². The molecule has 0 spiro atoms. The van der Waals surface area contributed by atoms with Crippen LogP contribution in [0.3, 0.4) is 0 Å². The van der Waals surface area contributed by atoms with Gasteiger partial charge in [-0.25, -0.2) is 0 Å². The van der Waals surface area contributed by atoms with Gasteiger partial charge in [-0.1, -0.05) is 12.1 Å². The second kappa shape index (κ2) is 4.96. The maximum absolute atomic E-state index is 12.0. The third kappa shape index (κ3) is 6.16. The van der Waals surface area contributed by atoms with Crippen molar-refractivity contribution in [3.05, 3.63) is 29.8 Å². The first-order chi connectivity index (χ1) is 7.66. The highest BCUT2D eigenvalue weighted by atomic mass is 19.4. The number of ether oxygens (including phenoxy) is 1. The molecule has 0 aliphatic carbocycles. The first-order valence-corrected chi connectivity index (χ1v) is 5.25. The van der Waals surface area contributed by atoms with Crippen molar-refractivity contribution in [2.45, 2.75) is 39.2 Å². The van der Waals surface area contributed by atoms with Crippen LogP contribution in [0, 0.1) is 0 Å². The number of benzene rings is 1. The van der Waals surface area contributed by atoms with Crippen LogP contribution in [0.25, 0.3) is 0 Å². The molecule has 0 unspecified atom stereocenters. The summed E-state index contributed by atoms with van der Waals surface area (Å²) in [5.41, 5.74) is 0.669. The Labute approximate surface area is 98.8 Å². The Kier molecular flexibility index (Phi) is 4.03. The second-order valence-electron chi connectivity index (χ2n) is 4.80. The Hall–Kier alpha value is -1.23. The molecule has 1 aromatic rings. The summed E-state index contributed by atoms with van der Waals surface area (Å²) in [6, 6.07) is 5.96. The maximum Gasteiger partial charge on any atom is 0.573 e. The van der Waals surface area contributed by atoms with Gasteiger partial charge in [0.25, 0.3) is 0 Å². The number of rotatable bonds is 3. The maximum atomic E-state index is 12.0. The van der Waals surface area contributed by atoms with Crippen LogP contribution in [0.15, 0.2) is 24.3 Å². The number of nitrogens with one attached hydrogen (secondary N) is 1. The first kappa shape index (κ1) is 13.8. The molecule has 0 aliphatic rings. The van der Waals surface area contributed by atoms with Gasteiger partial charge in [-0.2, -0.15) is 0 Å². The molecular weight excluding hydrogens is 231 g/mol. The van der Waals surface area contributed by atoms with E-state index in [0.29, 0.717) is 6.54 Å². The highest BCUT2D eigenvalue weighted by molar-refractivity contribution is 5.28. The Morgan fingerprint density at radius 2 is 1.82 bits per heavy atom. The molecule has 2 nitrogen and oxygen atoms in total. The molecule has 0 saturated heterocycles. The van der Waals surface area contributed by atoms with Gasteiger partial charge in [0.05, 0.1) is 0 Å². The van der Waals surface area contributed by atoms with Crippen LogP contribution < -0.4 is 10.1 Å². The van der Waals surface area contributed by atoms with Crippen molar-refractivity contribution in [1.29, 1.82) is 0 Å². The van der Waals surface area contributed by atoms with E-state index < -0.39 is 6.36 Å². The highest BCUT2D eigenvalue weighted by Gasteiger charge is 2.31. The van der Waals surface area contributed by atoms with E-state index in [1.165, 1.54) is 12.1 Å². The van der Waals surface area contributed by atoms with E-state index in [9.17, 15) is 13.2 Å². The topological polar surface area (TPSA) is 21.3 Å². The van der Waals surface area contributed by atoms with E-state index in [1.54, 1.807) is 12.1 Å². The van der Waals surface area contributed by atoms with Gasteiger partial charge in [0.1, 0.15) is 5.75 Å². The van der Waals surface area contributed by atoms with Gasteiger partial charge in [-0.15, -0.1) is 13.2 Å². The molecule has 0 amide bonds. The zero-order valence-corrected chi connectivity index (χ0v) is 10.1. The quantitative estimate of drug-likeness (QED) is 0.883. The van der Waals surface area contributed by atoms with Gasteiger partial charge < -0.3 is 10.1 Å². The van der Waals surface area contributed by atoms with Gasteiger partial charge >= 0.3 is 6.36 Å². The van der Waals surface area contributed by atoms with Gasteiger partial charge in [-0.3, -0.25) is 0 Å². The van der Waals surface area contributed by atoms with Gasteiger partial charge in [0, 0.05) is 12.1 Å². The summed E-state index contributed by atoms with van der Waals surface area (Å²) in [5.74, 6) is -0.189. The van der Waals surface area contributed by atoms with E-state index in [4.69, 9.17) is 0 Å². The lowest BCUT2D eigenvalue weighted by Gasteiger charge is -2.20. The third-order valence-electron chi connectivity index (χ3n) is 1.95. The molecule has 1 aromatic carbocycles. The monoisotopic (exact) mass is 247 g/mol. The summed E-state index contributed by atoms with van der Waals surface area (Å²) >= 11 is 0. The van der Waals surface area contributed by atoms with Crippen molar-refractivity contribution >= 4 is 0 Å². The zero-order chi connectivity index (χ0) is 13.1. The van der Waals surface area contributed by atoms with Crippen LogP contribution >= 0.6 is 0 Å². The highest BCUT2D eigenvalue weighted by Crippen LogP contribution is 2.23. The van der Waals surface area contributed by atoms with Crippen LogP contribution in [0.1, 0.15) is 26.3 Å². The molecule has 0 fully saturated rings. The number of alkyl halides is 3. The molecule has 1 rings (SSSR count). The Balaban J connectivity index is 2.66. The van der Waals surface area contributed by atoms with Gasteiger partial charge in [0.2, 0.25) is 0 Å². The van der Waals surface area contributed by atoms with E-state index in [2.05, 4.69) is 10.1 Å². The fourth-order valence-electron chi connectivity index (χ4n) is 1.22. The molecule has 0 heterocycles. The predicted octanol–water partition coefficient (Wildman–Crippen LogP) is 3.47. The van der Waals surface area contributed by atoms with Gasteiger partial charge in [0.15, 0.2) is 0 Å². The van der Waals surface area contributed by atoms with Crippen molar-refractivity contribution in [3.63, 3.8) is 0 Å².